The Morgan fingerprint density at radius 1 is 1.20 bits per heavy atom. The Bertz CT molecular complexity index is 886. The van der Waals surface area contributed by atoms with E-state index in [1.807, 2.05) is 0 Å². The molecular formula is C16H12ClF3N4O. The number of carbonyl (C=O) groups is 1. The van der Waals surface area contributed by atoms with Crippen molar-refractivity contribution in [2.45, 2.75) is 31.5 Å². The van der Waals surface area contributed by atoms with Crippen molar-refractivity contribution in [3.05, 3.63) is 51.9 Å². The monoisotopic (exact) mass is 368 g/mol. The minimum Gasteiger partial charge on any atom is -0.328 e. The lowest BCUT2D eigenvalue weighted by molar-refractivity contribution is -0.145. The molecule has 2 heterocycles. The summed E-state index contributed by atoms with van der Waals surface area (Å²) in [5.74, 6) is -1.34. The average molecular weight is 369 g/mol. The van der Waals surface area contributed by atoms with Crippen LogP contribution in [-0.4, -0.2) is 20.5 Å². The molecule has 0 bridgehead atoms. The minimum atomic E-state index is -4.67. The van der Waals surface area contributed by atoms with E-state index in [9.17, 15) is 18.0 Å². The second kappa shape index (κ2) is 5.59. The SMILES string of the molecule is O=C1CCCC2=C1C(c1ccc(Cl)cc1)n1nc(C(F)(F)F)nc1N2. The van der Waals surface area contributed by atoms with Crippen LogP contribution in [0.15, 0.2) is 35.5 Å². The number of nitrogens with one attached hydrogen (secondary N) is 1. The predicted octanol–water partition coefficient (Wildman–Crippen LogP) is 3.97. The highest BCUT2D eigenvalue weighted by Crippen LogP contribution is 2.41. The molecule has 0 saturated carbocycles. The zero-order chi connectivity index (χ0) is 17.8. The van der Waals surface area contributed by atoms with E-state index in [0.29, 0.717) is 41.1 Å². The molecule has 1 aromatic carbocycles. The summed E-state index contributed by atoms with van der Waals surface area (Å²) in [6.07, 6.45) is -3.07. The molecule has 0 fully saturated rings. The number of aromatic nitrogens is 3. The number of allylic oxidation sites excluding steroid dienone is 2. The Hall–Kier alpha value is -2.35. The Morgan fingerprint density at radius 2 is 1.92 bits per heavy atom. The van der Waals surface area contributed by atoms with Crippen LogP contribution in [0, 0.1) is 0 Å². The van der Waals surface area contributed by atoms with Crippen molar-refractivity contribution in [2.75, 3.05) is 5.32 Å². The van der Waals surface area contributed by atoms with Gasteiger partial charge in [0.1, 0.15) is 6.04 Å². The van der Waals surface area contributed by atoms with Gasteiger partial charge in [0, 0.05) is 22.7 Å². The van der Waals surface area contributed by atoms with Gasteiger partial charge in [-0.1, -0.05) is 23.7 Å². The number of fused-ring (bicyclic) bond motifs is 1. The van der Waals surface area contributed by atoms with Crippen LogP contribution in [0.1, 0.15) is 36.7 Å². The van der Waals surface area contributed by atoms with Crippen LogP contribution in [0.2, 0.25) is 5.02 Å². The summed E-state index contributed by atoms with van der Waals surface area (Å²) in [5.41, 5.74) is 1.69. The van der Waals surface area contributed by atoms with Crippen molar-refractivity contribution in [1.29, 1.82) is 0 Å². The molecule has 0 spiro atoms. The number of Topliss-reactive ketones (excluding diaryl/α,β-unsaturated/α-hetero) is 1. The number of nitrogens with zero attached hydrogens (tertiary/aromatic N) is 3. The molecule has 1 aliphatic heterocycles. The second-order valence-electron chi connectivity index (χ2n) is 5.95. The Kier molecular flexibility index (Phi) is 3.61. The van der Waals surface area contributed by atoms with Gasteiger partial charge in [-0.25, -0.2) is 4.68 Å². The topological polar surface area (TPSA) is 59.8 Å². The van der Waals surface area contributed by atoms with Gasteiger partial charge in [-0.2, -0.15) is 18.2 Å². The van der Waals surface area contributed by atoms with Crippen LogP contribution in [0.5, 0.6) is 0 Å². The second-order valence-corrected chi connectivity index (χ2v) is 6.39. The molecule has 1 atom stereocenters. The van der Waals surface area contributed by atoms with Crippen molar-refractivity contribution in [1.82, 2.24) is 14.8 Å². The number of hydrogen-bond donors (Lipinski definition) is 1. The normalized spacial score (nSPS) is 20.2. The molecule has 5 nitrogen and oxygen atoms in total. The van der Waals surface area contributed by atoms with Crippen molar-refractivity contribution < 1.29 is 18.0 Å². The quantitative estimate of drug-likeness (QED) is 0.827. The van der Waals surface area contributed by atoms with Crippen LogP contribution >= 0.6 is 11.6 Å². The highest BCUT2D eigenvalue weighted by atomic mass is 35.5. The molecule has 0 saturated heterocycles. The first-order chi connectivity index (χ1) is 11.8. The highest BCUT2D eigenvalue weighted by molar-refractivity contribution is 6.30. The van der Waals surface area contributed by atoms with E-state index in [0.717, 1.165) is 4.68 Å². The number of alkyl halides is 3. The summed E-state index contributed by atoms with van der Waals surface area (Å²) >= 11 is 5.91. The summed E-state index contributed by atoms with van der Waals surface area (Å²) in [4.78, 5) is 16.1. The van der Waals surface area contributed by atoms with E-state index in [2.05, 4.69) is 15.4 Å². The number of rotatable bonds is 1. The van der Waals surface area contributed by atoms with Crippen molar-refractivity contribution in [3.8, 4) is 0 Å². The van der Waals surface area contributed by atoms with Crippen molar-refractivity contribution in [3.63, 3.8) is 0 Å². The van der Waals surface area contributed by atoms with Crippen LogP contribution in [0.25, 0.3) is 0 Å². The predicted molar refractivity (Wildman–Crippen MR) is 84.1 cm³/mol. The van der Waals surface area contributed by atoms with E-state index < -0.39 is 18.0 Å². The molecule has 130 valence electrons. The summed E-state index contributed by atoms with van der Waals surface area (Å²) < 4.78 is 40.3. The van der Waals surface area contributed by atoms with Gasteiger partial charge in [0.05, 0.1) is 0 Å². The summed E-state index contributed by atoms with van der Waals surface area (Å²) in [5, 5.41) is 6.98. The van der Waals surface area contributed by atoms with Gasteiger partial charge in [-0.15, -0.1) is 5.10 Å². The van der Waals surface area contributed by atoms with Crippen LogP contribution in [0.3, 0.4) is 0 Å². The molecular weight excluding hydrogens is 357 g/mol. The van der Waals surface area contributed by atoms with Crippen LogP contribution in [0.4, 0.5) is 19.1 Å². The van der Waals surface area contributed by atoms with Gasteiger partial charge in [0.2, 0.25) is 5.95 Å². The van der Waals surface area contributed by atoms with E-state index in [-0.39, 0.29) is 11.7 Å². The van der Waals surface area contributed by atoms with Gasteiger partial charge < -0.3 is 5.32 Å². The molecule has 9 heteroatoms. The Morgan fingerprint density at radius 3 is 2.60 bits per heavy atom. The van der Waals surface area contributed by atoms with Gasteiger partial charge in [-0.3, -0.25) is 4.79 Å². The molecule has 2 aromatic rings. The van der Waals surface area contributed by atoms with Crippen LogP contribution in [-0.2, 0) is 11.0 Å². The molecule has 0 radical (unpaired) electrons. The van der Waals surface area contributed by atoms with Crippen LogP contribution < -0.4 is 5.32 Å². The number of hydrogen-bond acceptors (Lipinski definition) is 4. The maximum atomic E-state index is 13.0. The smallest absolute Gasteiger partial charge is 0.328 e. The molecule has 4 rings (SSSR count). The molecule has 1 aliphatic carbocycles. The van der Waals surface area contributed by atoms with E-state index in [1.54, 1.807) is 24.3 Å². The first kappa shape index (κ1) is 16.1. The van der Waals surface area contributed by atoms with Gasteiger partial charge in [0.15, 0.2) is 5.78 Å². The zero-order valence-electron chi connectivity index (χ0n) is 12.8. The Labute approximate surface area is 145 Å². The fourth-order valence-electron chi connectivity index (χ4n) is 3.23. The molecule has 1 unspecified atom stereocenters. The van der Waals surface area contributed by atoms with Gasteiger partial charge in [0.25, 0.3) is 5.82 Å². The third kappa shape index (κ3) is 2.70. The van der Waals surface area contributed by atoms with Gasteiger partial charge in [-0.05, 0) is 30.5 Å². The molecule has 2 aliphatic rings. The number of anilines is 1. The maximum Gasteiger partial charge on any atom is 0.453 e. The standard InChI is InChI=1S/C16H12ClF3N4O/c17-9-6-4-8(5-7-9)13-12-10(2-1-3-11(12)25)21-15-22-14(16(18,19)20)23-24(13)15/h4-7,13H,1-3H2,(H,21,22,23). The van der Waals surface area contributed by atoms with Gasteiger partial charge >= 0.3 is 6.18 Å². The third-order valence-electron chi connectivity index (χ3n) is 4.31. The molecule has 1 N–H and O–H groups in total. The fraction of sp³-hybridized carbons (Fsp3) is 0.312. The van der Waals surface area contributed by atoms with Crippen molar-refractivity contribution in [2.24, 2.45) is 0 Å². The van der Waals surface area contributed by atoms with E-state index in [1.165, 1.54) is 0 Å². The first-order valence-corrected chi connectivity index (χ1v) is 8.05. The number of benzene rings is 1. The zero-order valence-corrected chi connectivity index (χ0v) is 13.5. The summed E-state index contributed by atoms with van der Waals surface area (Å²) in [6, 6.07) is 5.88. The lowest BCUT2D eigenvalue weighted by Crippen LogP contribution is -2.31. The van der Waals surface area contributed by atoms with E-state index in [4.69, 9.17) is 11.6 Å². The lowest BCUT2D eigenvalue weighted by atomic mass is 9.85. The first-order valence-electron chi connectivity index (χ1n) is 7.67. The fourth-order valence-corrected chi connectivity index (χ4v) is 3.36. The summed E-state index contributed by atoms with van der Waals surface area (Å²) in [6.45, 7) is 0. The largest absolute Gasteiger partial charge is 0.453 e. The number of carbonyl (C=O) groups excluding carboxylic acids is 1. The molecule has 1 aromatic heterocycles. The molecule has 25 heavy (non-hydrogen) atoms. The average Bonchev–Trinajstić information content (AvgIpc) is 2.98. The minimum absolute atomic E-state index is 0.0132. The number of halogens is 4. The lowest BCUT2D eigenvalue weighted by Gasteiger charge is -2.32. The summed E-state index contributed by atoms with van der Waals surface area (Å²) in [7, 11) is 0. The highest BCUT2D eigenvalue weighted by Gasteiger charge is 2.42. The van der Waals surface area contributed by atoms with E-state index >= 15 is 0 Å². The molecule has 0 amide bonds. The number of ketones is 1. The van der Waals surface area contributed by atoms with Crippen molar-refractivity contribution >= 4 is 23.3 Å². The maximum absolute atomic E-state index is 13.0. The third-order valence-corrected chi connectivity index (χ3v) is 4.56. The Balaban J connectivity index is 1.91.